The number of carbonyl (C=O) groups is 2. The minimum absolute atomic E-state index is 0.149. The molecule has 0 aromatic heterocycles. The SMILES string of the molecule is CCCCCC/C=C/C=C/CCCCCCCC(=O)O[C@H](COC(=O)CCCCCCCCCCC)CO[C@@H]1O[C@H](CO[C@@H]2O[C@H](CO)[C@H](O)C(O)C2O)[C@H](O)C(O)C1O. The van der Waals surface area contributed by atoms with Crippen LogP contribution >= 0.6 is 0 Å². The molecule has 2 aliphatic rings. The first-order chi connectivity index (χ1) is 29.0. The quantitative estimate of drug-likeness (QED) is 0.0261. The number of ether oxygens (including phenoxy) is 6. The van der Waals surface area contributed by atoms with Gasteiger partial charge in [0.2, 0.25) is 0 Å². The maximum atomic E-state index is 12.9. The van der Waals surface area contributed by atoms with E-state index in [9.17, 15) is 45.3 Å². The summed E-state index contributed by atoms with van der Waals surface area (Å²) < 4.78 is 33.4. The molecule has 0 radical (unpaired) electrons. The Morgan fingerprint density at radius 2 is 0.983 bits per heavy atom. The van der Waals surface area contributed by atoms with Crippen LogP contribution in [0.3, 0.4) is 0 Å². The molecule has 2 aliphatic heterocycles. The van der Waals surface area contributed by atoms with E-state index in [0.29, 0.717) is 12.8 Å². The zero-order valence-corrected chi connectivity index (χ0v) is 36.4. The maximum Gasteiger partial charge on any atom is 0.306 e. The summed E-state index contributed by atoms with van der Waals surface area (Å²) in [4.78, 5) is 25.5. The molecule has 15 heteroatoms. The summed E-state index contributed by atoms with van der Waals surface area (Å²) in [6.07, 6.45) is 13.7. The van der Waals surface area contributed by atoms with Gasteiger partial charge in [0.25, 0.3) is 0 Å². The van der Waals surface area contributed by atoms with Gasteiger partial charge in [0.05, 0.1) is 19.8 Å². The van der Waals surface area contributed by atoms with Crippen molar-refractivity contribution in [2.75, 3.05) is 26.4 Å². The molecule has 0 bridgehead atoms. The van der Waals surface area contributed by atoms with Crippen LogP contribution in [0.1, 0.15) is 155 Å². The molecule has 0 aromatic rings. The Kier molecular flexibility index (Phi) is 30.2. The molecular formula is C45H80O15. The van der Waals surface area contributed by atoms with E-state index >= 15 is 0 Å². The average molecular weight is 861 g/mol. The molecule has 60 heavy (non-hydrogen) atoms. The summed E-state index contributed by atoms with van der Waals surface area (Å²) in [5.74, 6) is -0.945. The minimum Gasteiger partial charge on any atom is -0.462 e. The number of aliphatic hydroxyl groups excluding tert-OH is 7. The highest BCUT2D eigenvalue weighted by atomic mass is 16.7. The third-order valence-electron chi connectivity index (χ3n) is 11.0. The zero-order chi connectivity index (χ0) is 44.0. The van der Waals surface area contributed by atoms with Gasteiger partial charge in [0.1, 0.15) is 55.4 Å². The molecule has 0 spiro atoms. The van der Waals surface area contributed by atoms with E-state index in [0.717, 1.165) is 57.8 Å². The summed E-state index contributed by atoms with van der Waals surface area (Å²) in [6, 6.07) is 0. The molecule has 0 aromatic carbocycles. The van der Waals surface area contributed by atoms with Crippen molar-refractivity contribution in [1.29, 1.82) is 0 Å². The molecule has 2 fully saturated rings. The van der Waals surface area contributed by atoms with Crippen molar-refractivity contribution in [2.24, 2.45) is 0 Å². The van der Waals surface area contributed by atoms with Crippen molar-refractivity contribution in [2.45, 2.75) is 223 Å². The summed E-state index contributed by atoms with van der Waals surface area (Å²) in [7, 11) is 0. The molecule has 2 rings (SSSR count). The van der Waals surface area contributed by atoms with Gasteiger partial charge in [-0.3, -0.25) is 9.59 Å². The predicted molar refractivity (Wildman–Crippen MR) is 224 cm³/mol. The second kappa shape index (κ2) is 33.5. The first-order valence-electron chi connectivity index (χ1n) is 22.9. The summed E-state index contributed by atoms with van der Waals surface area (Å²) in [5.41, 5.74) is 0. The van der Waals surface area contributed by atoms with Gasteiger partial charge in [-0.25, -0.2) is 0 Å². The molecule has 15 nitrogen and oxygen atoms in total. The number of rotatable bonds is 34. The van der Waals surface area contributed by atoms with Crippen LogP contribution in [0.25, 0.3) is 0 Å². The van der Waals surface area contributed by atoms with Crippen LogP contribution in [0.4, 0.5) is 0 Å². The van der Waals surface area contributed by atoms with Gasteiger partial charge in [-0.05, 0) is 38.5 Å². The molecule has 0 saturated carbocycles. The average Bonchev–Trinajstić information content (AvgIpc) is 3.24. The maximum absolute atomic E-state index is 12.9. The van der Waals surface area contributed by atoms with Gasteiger partial charge in [-0.15, -0.1) is 0 Å². The van der Waals surface area contributed by atoms with Gasteiger partial charge >= 0.3 is 11.9 Å². The third-order valence-corrected chi connectivity index (χ3v) is 11.0. The largest absolute Gasteiger partial charge is 0.462 e. The Labute approximate surface area is 358 Å². The van der Waals surface area contributed by atoms with E-state index in [2.05, 4.69) is 38.2 Å². The molecule has 350 valence electrons. The predicted octanol–water partition coefficient (Wildman–Crippen LogP) is 4.82. The fourth-order valence-electron chi connectivity index (χ4n) is 7.09. The highest BCUT2D eigenvalue weighted by molar-refractivity contribution is 5.70. The summed E-state index contributed by atoms with van der Waals surface area (Å²) in [6.45, 7) is 2.51. The Morgan fingerprint density at radius 3 is 1.53 bits per heavy atom. The van der Waals surface area contributed by atoms with Crippen molar-refractivity contribution in [3.63, 3.8) is 0 Å². The van der Waals surface area contributed by atoms with Gasteiger partial charge in [0, 0.05) is 12.8 Å². The lowest BCUT2D eigenvalue weighted by Gasteiger charge is -2.42. The van der Waals surface area contributed by atoms with Gasteiger partial charge in [-0.2, -0.15) is 0 Å². The standard InChI is InChI=1S/C45H80O15/c1-3-5-7-9-11-13-14-15-16-17-18-20-22-24-26-28-37(48)58-33(30-55-36(47)27-25-23-21-19-12-10-8-6-4-2)31-56-44-43(54)41(52)39(50)35(60-44)32-57-45-42(53)40(51)38(49)34(29-46)59-45/h13-16,33-35,38-46,49-54H,3-12,17-32H2,1-2H3/b14-13+,16-15+/t33-,34-,35-,38+,39+,40?,41?,42?,43?,44-,45-/m1/s1. The van der Waals surface area contributed by atoms with Gasteiger partial charge in [-0.1, -0.05) is 128 Å². The van der Waals surface area contributed by atoms with Crippen LogP contribution in [-0.4, -0.2) is 142 Å². The number of hydrogen-bond donors (Lipinski definition) is 7. The summed E-state index contributed by atoms with van der Waals surface area (Å²) >= 11 is 0. The topological polar surface area (TPSA) is 231 Å². The lowest BCUT2D eigenvalue weighted by molar-refractivity contribution is -0.332. The molecule has 2 saturated heterocycles. The van der Waals surface area contributed by atoms with E-state index in [1.807, 2.05) is 0 Å². The number of carbonyl (C=O) groups excluding carboxylic acids is 2. The molecule has 11 atom stereocenters. The Balaban J connectivity index is 1.86. The van der Waals surface area contributed by atoms with Crippen molar-refractivity contribution >= 4 is 11.9 Å². The number of allylic oxidation sites excluding steroid dienone is 4. The Morgan fingerprint density at radius 1 is 0.533 bits per heavy atom. The van der Waals surface area contributed by atoms with Gasteiger partial charge < -0.3 is 64.2 Å². The fourth-order valence-corrected chi connectivity index (χ4v) is 7.09. The van der Waals surface area contributed by atoms with Crippen LogP contribution in [0.5, 0.6) is 0 Å². The number of aliphatic hydroxyl groups is 7. The van der Waals surface area contributed by atoms with E-state index in [4.69, 9.17) is 28.4 Å². The molecule has 4 unspecified atom stereocenters. The monoisotopic (exact) mass is 861 g/mol. The smallest absolute Gasteiger partial charge is 0.306 e. The Bertz CT molecular complexity index is 1150. The van der Waals surface area contributed by atoms with Crippen molar-refractivity contribution in [3.8, 4) is 0 Å². The third kappa shape index (κ3) is 22.4. The number of esters is 2. The van der Waals surface area contributed by atoms with Crippen LogP contribution in [0, 0.1) is 0 Å². The number of hydrogen-bond acceptors (Lipinski definition) is 15. The molecule has 0 aliphatic carbocycles. The van der Waals surface area contributed by atoms with Crippen molar-refractivity contribution in [1.82, 2.24) is 0 Å². The fraction of sp³-hybridized carbons (Fsp3) is 0.867. The number of unbranched alkanes of at least 4 members (excludes halogenated alkanes) is 17. The van der Waals surface area contributed by atoms with Crippen molar-refractivity contribution in [3.05, 3.63) is 24.3 Å². The first kappa shape index (κ1) is 54.1. The molecule has 7 N–H and O–H groups in total. The Hall–Kier alpha value is -2.02. The first-order valence-corrected chi connectivity index (χ1v) is 22.9. The van der Waals surface area contributed by atoms with Crippen LogP contribution < -0.4 is 0 Å². The van der Waals surface area contributed by atoms with E-state index in [1.165, 1.54) is 57.8 Å². The lowest BCUT2D eigenvalue weighted by Crippen LogP contribution is -2.61. The van der Waals surface area contributed by atoms with Gasteiger partial charge in [0.15, 0.2) is 18.7 Å². The van der Waals surface area contributed by atoms with E-state index < -0.39 is 92.7 Å². The molecular weight excluding hydrogens is 780 g/mol. The van der Waals surface area contributed by atoms with Crippen LogP contribution in [0.15, 0.2) is 24.3 Å². The second-order valence-electron chi connectivity index (χ2n) is 16.3. The zero-order valence-electron chi connectivity index (χ0n) is 36.4. The highest BCUT2D eigenvalue weighted by Gasteiger charge is 2.47. The lowest BCUT2D eigenvalue weighted by atomic mass is 9.98. The molecule has 2 heterocycles. The van der Waals surface area contributed by atoms with Crippen LogP contribution in [-0.2, 0) is 38.0 Å². The highest BCUT2D eigenvalue weighted by Crippen LogP contribution is 2.26. The molecule has 0 amide bonds. The van der Waals surface area contributed by atoms with E-state index in [1.54, 1.807) is 0 Å². The summed E-state index contributed by atoms with van der Waals surface area (Å²) in [5, 5.41) is 71.8. The minimum atomic E-state index is -1.76. The normalized spacial score (nSPS) is 27.8. The van der Waals surface area contributed by atoms with Crippen molar-refractivity contribution < 1.29 is 73.8 Å². The second-order valence-corrected chi connectivity index (χ2v) is 16.3. The van der Waals surface area contributed by atoms with Crippen LogP contribution in [0.2, 0.25) is 0 Å². The van der Waals surface area contributed by atoms with E-state index in [-0.39, 0.29) is 26.1 Å².